The molecule has 0 aromatic heterocycles. The fourth-order valence-electron chi connectivity index (χ4n) is 2.33. The van der Waals surface area contributed by atoms with E-state index >= 15 is 0 Å². The summed E-state index contributed by atoms with van der Waals surface area (Å²) in [4.78, 5) is -0.461. The van der Waals surface area contributed by atoms with E-state index in [1.807, 2.05) is 36.4 Å². The molecular weight excluding hydrogens is 264 g/mol. The van der Waals surface area contributed by atoms with Crippen molar-refractivity contribution in [2.24, 2.45) is 0 Å². The molecule has 0 saturated carbocycles. The molecule has 0 fully saturated rings. The zero-order chi connectivity index (χ0) is 12.4. The summed E-state index contributed by atoms with van der Waals surface area (Å²) in [7, 11) is 7.39. The minimum absolute atomic E-state index is 0.461. The third kappa shape index (κ3) is 2.00. The van der Waals surface area contributed by atoms with Gasteiger partial charge in [0.2, 0.25) is 0 Å². The van der Waals surface area contributed by atoms with Gasteiger partial charge in [-0.3, -0.25) is 0 Å². The predicted octanol–water partition coefficient (Wildman–Crippen LogP) is 4.75. The van der Waals surface area contributed by atoms with E-state index in [1.165, 1.54) is 16.5 Å². The van der Waals surface area contributed by atoms with Gasteiger partial charge < -0.3 is 4.74 Å². The van der Waals surface area contributed by atoms with Crippen molar-refractivity contribution in [3.63, 3.8) is 0 Å². The number of aryl methyl sites for hydroxylation is 1. The lowest BCUT2D eigenvalue weighted by molar-refractivity contribution is 0.140. The van der Waals surface area contributed by atoms with Gasteiger partial charge in [-0.25, -0.2) is 0 Å². The Morgan fingerprint density at radius 1 is 1.00 bits per heavy atom. The fraction of sp³-hybridized carbons (Fsp3) is 0.200. The van der Waals surface area contributed by atoms with Crippen LogP contribution in [0.25, 0.3) is 0 Å². The average molecular weight is 277 g/mol. The summed E-state index contributed by atoms with van der Waals surface area (Å²) in [6, 6.07) is 18.4. The van der Waals surface area contributed by atoms with Crippen LogP contribution in [0.15, 0.2) is 54.6 Å². The Kier molecular flexibility index (Phi) is 3.23. The molecule has 0 spiro atoms. The van der Waals surface area contributed by atoms with Crippen LogP contribution in [0, 0.1) is 0 Å². The Bertz CT molecular complexity index is 543. The van der Waals surface area contributed by atoms with Crippen molar-refractivity contribution in [1.82, 2.24) is 0 Å². The molecule has 0 N–H and O–H groups in total. The van der Waals surface area contributed by atoms with Crippen molar-refractivity contribution in [1.29, 1.82) is 0 Å². The Labute approximate surface area is 116 Å². The van der Waals surface area contributed by atoms with Crippen molar-refractivity contribution in [3.05, 3.63) is 65.7 Å². The highest BCUT2D eigenvalue weighted by molar-refractivity contribution is 8.21. The minimum atomic E-state index is -0.461. The molecule has 1 unspecified atom stereocenters. The molecule has 1 atom stereocenters. The highest BCUT2D eigenvalue weighted by atomic mass is 35.7. The number of hydrogen-bond acceptors (Lipinski definition) is 2. The number of para-hydroxylation sites is 1. The second-order valence-electron chi connectivity index (χ2n) is 4.41. The van der Waals surface area contributed by atoms with Crippen LogP contribution < -0.4 is 4.74 Å². The van der Waals surface area contributed by atoms with E-state index in [4.69, 9.17) is 15.4 Å². The highest BCUT2D eigenvalue weighted by Crippen LogP contribution is 2.48. The van der Waals surface area contributed by atoms with Crippen LogP contribution in [0.2, 0.25) is 0 Å². The van der Waals surface area contributed by atoms with Crippen molar-refractivity contribution in [2.45, 2.75) is 17.8 Å². The van der Waals surface area contributed by atoms with E-state index in [1.54, 1.807) is 0 Å². The van der Waals surface area contributed by atoms with Gasteiger partial charge in [0.05, 0.1) is 0 Å². The van der Waals surface area contributed by atoms with Crippen LogP contribution >= 0.6 is 21.7 Å². The van der Waals surface area contributed by atoms with Crippen LogP contribution in [0.5, 0.6) is 5.75 Å². The van der Waals surface area contributed by atoms with E-state index in [0.717, 1.165) is 24.2 Å². The lowest BCUT2D eigenvalue weighted by Crippen LogP contribution is -2.32. The van der Waals surface area contributed by atoms with Gasteiger partial charge in [0, 0.05) is 12.0 Å². The summed E-state index contributed by atoms with van der Waals surface area (Å²) in [6.07, 6.45) is 1.88. The predicted molar refractivity (Wildman–Crippen MR) is 77.0 cm³/mol. The molecule has 0 saturated heterocycles. The molecular formula is C15H13ClOS. The normalized spacial score (nSPS) is 22.1. The van der Waals surface area contributed by atoms with Gasteiger partial charge in [-0.05, 0) is 39.7 Å². The molecule has 1 aliphatic heterocycles. The molecule has 0 radical (unpaired) electrons. The summed E-state index contributed by atoms with van der Waals surface area (Å²) in [6.45, 7) is 0. The summed E-state index contributed by atoms with van der Waals surface area (Å²) in [5.41, 5.74) is 2.38. The average Bonchev–Trinajstić information content (AvgIpc) is 2.47. The molecule has 0 amide bonds. The second kappa shape index (κ2) is 4.87. The van der Waals surface area contributed by atoms with Crippen molar-refractivity contribution in [2.75, 3.05) is 0 Å². The van der Waals surface area contributed by atoms with Crippen molar-refractivity contribution in [3.8, 4) is 5.75 Å². The number of halogens is 1. The van der Waals surface area contributed by atoms with Gasteiger partial charge in [0.15, 0.2) is 4.93 Å². The molecule has 1 nitrogen and oxygen atoms in total. The Balaban J connectivity index is 2.01. The maximum atomic E-state index is 6.19. The first kappa shape index (κ1) is 11.9. The first-order valence-electron chi connectivity index (χ1n) is 5.96. The summed E-state index contributed by atoms with van der Waals surface area (Å²) in [5, 5.41) is 0. The topological polar surface area (TPSA) is 9.23 Å². The maximum Gasteiger partial charge on any atom is 0.194 e. The van der Waals surface area contributed by atoms with Crippen LogP contribution in [-0.4, -0.2) is 0 Å². The third-order valence-corrected chi connectivity index (χ3v) is 4.83. The zero-order valence-corrected chi connectivity index (χ0v) is 11.4. The summed E-state index contributed by atoms with van der Waals surface area (Å²) < 4.78 is 6.19. The van der Waals surface area contributed by atoms with Crippen LogP contribution in [-0.2, 0) is 11.4 Å². The van der Waals surface area contributed by atoms with Crippen molar-refractivity contribution < 1.29 is 4.74 Å². The molecule has 2 aromatic carbocycles. The van der Waals surface area contributed by atoms with Gasteiger partial charge in [-0.15, -0.1) is 0 Å². The summed E-state index contributed by atoms with van der Waals surface area (Å²) >= 11 is 0. The first-order chi connectivity index (χ1) is 8.84. The van der Waals surface area contributed by atoms with Crippen molar-refractivity contribution >= 4 is 21.7 Å². The van der Waals surface area contributed by atoms with Gasteiger partial charge >= 0.3 is 0 Å². The first-order valence-corrected chi connectivity index (χ1v) is 7.60. The van der Waals surface area contributed by atoms with Crippen LogP contribution in [0.1, 0.15) is 17.5 Å². The number of benzene rings is 2. The maximum absolute atomic E-state index is 6.19. The summed E-state index contributed by atoms with van der Waals surface area (Å²) in [5.74, 6) is 0.945. The van der Waals surface area contributed by atoms with E-state index in [2.05, 4.69) is 18.2 Å². The monoisotopic (exact) mass is 276 g/mol. The molecule has 0 bridgehead atoms. The van der Waals surface area contributed by atoms with E-state index in [0.29, 0.717) is 0 Å². The van der Waals surface area contributed by atoms with Gasteiger partial charge in [0.1, 0.15) is 5.75 Å². The molecule has 2 aromatic rings. The van der Waals surface area contributed by atoms with Gasteiger partial charge in [0.25, 0.3) is 0 Å². The number of fused-ring (bicyclic) bond motifs is 1. The van der Waals surface area contributed by atoms with E-state index < -0.39 is 4.93 Å². The molecule has 92 valence electrons. The molecule has 0 aliphatic carbocycles. The second-order valence-corrected chi connectivity index (χ2v) is 5.68. The fourth-order valence-corrected chi connectivity index (χ4v) is 3.45. The smallest absolute Gasteiger partial charge is 0.194 e. The quantitative estimate of drug-likeness (QED) is 0.783. The molecule has 1 heterocycles. The standard InChI is InChI=1S/C15H13ClOS/c16-18-15(13-7-2-1-3-8-13)11-10-12-6-4-5-9-14(12)17-15/h1-9H,10-11H2. The lowest BCUT2D eigenvalue weighted by atomic mass is 9.97. The number of hydrogen-bond donors (Lipinski definition) is 0. The molecule has 3 rings (SSSR count). The highest BCUT2D eigenvalue weighted by Gasteiger charge is 2.38. The Morgan fingerprint density at radius 3 is 2.50 bits per heavy atom. The largest absolute Gasteiger partial charge is 0.471 e. The minimum Gasteiger partial charge on any atom is -0.471 e. The zero-order valence-electron chi connectivity index (χ0n) is 9.80. The van der Waals surface area contributed by atoms with Gasteiger partial charge in [-0.2, -0.15) is 0 Å². The van der Waals surface area contributed by atoms with E-state index in [9.17, 15) is 0 Å². The number of ether oxygens (including phenoxy) is 1. The Hall–Kier alpha value is -1.12. The van der Waals surface area contributed by atoms with Crippen LogP contribution in [0.3, 0.4) is 0 Å². The van der Waals surface area contributed by atoms with E-state index in [-0.39, 0.29) is 0 Å². The molecule has 3 heteroatoms. The number of rotatable bonds is 2. The van der Waals surface area contributed by atoms with Gasteiger partial charge in [-0.1, -0.05) is 48.5 Å². The third-order valence-electron chi connectivity index (χ3n) is 3.31. The van der Waals surface area contributed by atoms with Crippen LogP contribution in [0.4, 0.5) is 0 Å². The lowest BCUT2D eigenvalue weighted by Gasteiger charge is -2.36. The molecule has 1 aliphatic rings. The Morgan fingerprint density at radius 2 is 1.72 bits per heavy atom. The molecule has 18 heavy (non-hydrogen) atoms. The SMILES string of the molecule is ClSC1(c2ccccc2)CCc2ccccc2O1.